The van der Waals surface area contributed by atoms with Crippen molar-refractivity contribution >= 4 is 27.5 Å². The van der Waals surface area contributed by atoms with E-state index in [1.54, 1.807) is 0 Å². The number of nitrogens with zero attached hydrogens (tertiary/aromatic N) is 3. The molecule has 3 aromatic rings. The number of fused-ring (bicyclic) bond motifs is 2. The van der Waals surface area contributed by atoms with Crippen LogP contribution in [0.5, 0.6) is 0 Å². The second-order valence-electron chi connectivity index (χ2n) is 8.81. The van der Waals surface area contributed by atoms with Crippen molar-refractivity contribution in [2.75, 3.05) is 19.6 Å². The van der Waals surface area contributed by atoms with Gasteiger partial charge in [-0.05, 0) is 50.4 Å². The quantitative estimate of drug-likeness (QED) is 0.541. The Morgan fingerprint density at radius 1 is 1.18 bits per heavy atom. The Hall–Kier alpha value is -2.51. The minimum absolute atomic E-state index is 0.00907. The topological polar surface area (TPSA) is 67.2 Å². The molecular weight excluding hydrogens is 432 g/mol. The fourth-order valence-electron chi connectivity index (χ4n) is 4.87. The molecule has 1 atom stereocenters. The van der Waals surface area contributed by atoms with Crippen molar-refractivity contribution in [3.8, 4) is 0 Å². The number of likely N-dealkylation sites (N-methyl/N-ethyl adjacent to an activating group) is 1. The average Bonchev–Trinajstić information content (AvgIpc) is 2.99. The number of benzene rings is 1. The van der Waals surface area contributed by atoms with E-state index in [9.17, 15) is 9.59 Å². The number of carbonyl (C=O) groups is 1. The lowest BCUT2D eigenvalue weighted by Crippen LogP contribution is -2.45. The SMILES string of the molecule is CCN(CC)C(CNC(=O)c1sc2nc3n(c(=O)c2c1C)CCCCC3)Cc1ccccc1. The van der Waals surface area contributed by atoms with Crippen LogP contribution < -0.4 is 10.9 Å². The Bertz CT molecular complexity index is 1160. The van der Waals surface area contributed by atoms with Gasteiger partial charge in [0.05, 0.1) is 10.3 Å². The van der Waals surface area contributed by atoms with Gasteiger partial charge in [0.2, 0.25) is 0 Å². The molecular formula is C26H34N4O2S. The number of carbonyl (C=O) groups excluding carboxylic acids is 1. The summed E-state index contributed by atoms with van der Waals surface area (Å²) in [5, 5.41) is 3.77. The minimum atomic E-state index is -0.111. The number of rotatable bonds is 8. The van der Waals surface area contributed by atoms with Crippen LogP contribution in [0.25, 0.3) is 10.2 Å². The first-order valence-electron chi connectivity index (χ1n) is 12.1. The van der Waals surface area contributed by atoms with E-state index in [1.807, 2.05) is 17.6 Å². The van der Waals surface area contributed by atoms with Crippen LogP contribution in [-0.2, 0) is 19.4 Å². The van der Waals surface area contributed by atoms with Crippen LogP contribution in [0.1, 0.15) is 59.7 Å². The molecule has 0 radical (unpaired) electrons. The van der Waals surface area contributed by atoms with Gasteiger partial charge in [-0.3, -0.25) is 19.1 Å². The van der Waals surface area contributed by atoms with Gasteiger partial charge in [-0.15, -0.1) is 11.3 Å². The molecule has 6 nitrogen and oxygen atoms in total. The van der Waals surface area contributed by atoms with E-state index < -0.39 is 0 Å². The van der Waals surface area contributed by atoms with Gasteiger partial charge in [-0.25, -0.2) is 4.98 Å². The van der Waals surface area contributed by atoms with Gasteiger partial charge in [-0.2, -0.15) is 0 Å². The summed E-state index contributed by atoms with van der Waals surface area (Å²) >= 11 is 1.35. The zero-order valence-electron chi connectivity index (χ0n) is 19.9. The van der Waals surface area contributed by atoms with Crippen molar-refractivity contribution in [2.24, 2.45) is 0 Å². The van der Waals surface area contributed by atoms with Crippen LogP contribution in [0, 0.1) is 6.92 Å². The van der Waals surface area contributed by atoms with Crippen LogP contribution in [0.15, 0.2) is 35.1 Å². The summed E-state index contributed by atoms with van der Waals surface area (Å²) in [7, 11) is 0. The van der Waals surface area contributed by atoms with Gasteiger partial charge in [0.1, 0.15) is 10.7 Å². The molecule has 0 aliphatic carbocycles. The molecule has 0 bridgehead atoms. The van der Waals surface area contributed by atoms with Crippen molar-refractivity contribution < 1.29 is 4.79 Å². The lowest BCUT2D eigenvalue weighted by Gasteiger charge is -2.30. The second kappa shape index (κ2) is 10.6. The smallest absolute Gasteiger partial charge is 0.262 e. The summed E-state index contributed by atoms with van der Waals surface area (Å²) in [4.78, 5) is 34.9. The molecule has 0 saturated carbocycles. The van der Waals surface area contributed by atoms with Crippen LogP contribution in [0.4, 0.5) is 0 Å². The maximum atomic E-state index is 13.2. The fourth-order valence-corrected chi connectivity index (χ4v) is 5.98. The summed E-state index contributed by atoms with van der Waals surface area (Å²) in [6, 6.07) is 10.6. The monoisotopic (exact) mass is 466 g/mol. The molecule has 1 N–H and O–H groups in total. The third-order valence-corrected chi connectivity index (χ3v) is 7.94. The highest BCUT2D eigenvalue weighted by Crippen LogP contribution is 2.28. The molecule has 1 amide bonds. The lowest BCUT2D eigenvalue weighted by atomic mass is 10.0. The van der Waals surface area contributed by atoms with Crippen molar-refractivity contribution in [2.45, 2.75) is 65.5 Å². The minimum Gasteiger partial charge on any atom is -0.350 e. The van der Waals surface area contributed by atoms with Gasteiger partial charge in [-0.1, -0.05) is 50.6 Å². The zero-order chi connectivity index (χ0) is 23.4. The Labute approximate surface area is 199 Å². The zero-order valence-corrected chi connectivity index (χ0v) is 20.7. The fraction of sp³-hybridized carbons (Fsp3) is 0.500. The van der Waals surface area contributed by atoms with Gasteiger partial charge < -0.3 is 5.32 Å². The van der Waals surface area contributed by atoms with Crippen molar-refractivity contribution in [3.05, 3.63) is 62.5 Å². The molecule has 2 aromatic heterocycles. The third kappa shape index (κ3) is 5.04. The standard InChI is InChI=1S/C26H34N4O2S/c1-4-29(5-2)20(16-19-12-8-6-9-13-19)17-27-24(31)23-18(3)22-25(33-23)28-21-14-10-7-11-15-30(21)26(22)32/h6,8-9,12-13,20H,4-5,7,10-11,14-17H2,1-3H3,(H,27,31). The predicted molar refractivity (Wildman–Crippen MR) is 135 cm³/mol. The van der Waals surface area contributed by atoms with E-state index in [-0.39, 0.29) is 17.5 Å². The highest BCUT2D eigenvalue weighted by atomic mass is 32.1. The van der Waals surface area contributed by atoms with Gasteiger partial charge in [0.25, 0.3) is 11.5 Å². The first-order chi connectivity index (χ1) is 16.0. The second-order valence-corrected chi connectivity index (χ2v) is 9.81. The maximum absolute atomic E-state index is 13.2. The lowest BCUT2D eigenvalue weighted by molar-refractivity contribution is 0.0938. The van der Waals surface area contributed by atoms with Crippen LogP contribution in [0.2, 0.25) is 0 Å². The molecule has 0 saturated heterocycles. The largest absolute Gasteiger partial charge is 0.350 e. The summed E-state index contributed by atoms with van der Waals surface area (Å²) in [5.41, 5.74) is 2.03. The molecule has 33 heavy (non-hydrogen) atoms. The molecule has 0 spiro atoms. The summed E-state index contributed by atoms with van der Waals surface area (Å²) in [6.45, 7) is 9.33. The van der Waals surface area contributed by atoms with E-state index in [1.165, 1.54) is 16.9 Å². The molecule has 0 fully saturated rings. The van der Waals surface area contributed by atoms with Crippen molar-refractivity contribution in [1.29, 1.82) is 0 Å². The van der Waals surface area contributed by atoms with E-state index in [0.29, 0.717) is 21.6 Å². The number of thiophene rings is 1. The van der Waals surface area contributed by atoms with Gasteiger partial charge in [0.15, 0.2) is 0 Å². The molecule has 4 rings (SSSR count). The number of hydrogen-bond acceptors (Lipinski definition) is 5. The highest BCUT2D eigenvalue weighted by Gasteiger charge is 2.23. The van der Waals surface area contributed by atoms with E-state index in [0.717, 1.165) is 63.1 Å². The Balaban J connectivity index is 1.56. The number of aryl methyl sites for hydroxylation is 2. The van der Waals surface area contributed by atoms with Crippen molar-refractivity contribution in [3.63, 3.8) is 0 Å². The van der Waals surface area contributed by atoms with Crippen LogP contribution >= 0.6 is 11.3 Å². The summed E-state index contributed by atoms with van der Waals surface area (Å²) < 4.78 is 1.83. The first-order valence-corrected chi connectivity index (χ1v) is 12.9. The van der Waals surface area contributed by atoms with Crippen LogP contribution in [-0.4, -0.2) is 46.0 Å². The predicted octanol–water partition coefficient (Wildman–Crippen LogP) is 4.18. The molecule has 7 heteroatoms. The molecule has 1 aliphatic rings. The Morgan fingerprint density at radius 3 is 2.67 bits per heavy atom. The average molecular weight is 467 g/mol. The Kier molecular flexibility index (Phi) is 7.60. The number of amides is 1. The number of hydrogen-bond donors (Lipinski definition) is 1. The van der Waals surface area contributed by atoms with Crippen molar-refractivity contribution in [1.82, 2.24) is 19.8 Å². The highest BCUT2D eigenvalue weighted by molar-refractivity contribution is 7.20. The Morgan fingerprint density at radius 2 is 1.94 bits per heavy atom. The van der Waals surface area contributed by atoms with Gasteiger partial charge >= 0.3 is 0 Å². The molecule has 3 heterocycles. The maximum Gasteiger partial charge on any atom is 0.262 e. The third-order valence-electron chi connectivity index (χ3n) is 6.76. The summed E-state index contributed by atoms with van der Waals surface area (Å²) in [6.07, 6.45) is 4.90. The molecule has 1 aromatic carbocycles. The number of aromatic nitrogens is 2. The molecule has 1 unspecified atom stereocenters. The normalized spacial score (nSPS) is 14.8. The van der Waals surface area contributed by atoms with Crippen LogP contribution in [0.3, 0.4) is 0 Å². The molecule has 1 aliphatic heterocycles. The number of nitrogens with one attached hydrogen (secondary N) is 1. The molecule has 176 valence electrons. The van der Waals surface area contributed by atoms with Gasteiger partial charge in [0, 0.05) is 25.6 Å². The van der Waals surface area contributed by atoms with E-state index >= 15 is 0 Å². The summed E-state index contributed by atoms with van der Waals surface area (Å²) in [5.74, 6) is 0.753. The first kappa shape index (κ1) is 23.6. The van der Waals surface area contributed by atoms with E-state index in [2.05, 4.69) is 48.3 Å². The van der Waals surface area contributed by atoms with E-state index in [4.69, 9.17) is 4.98 Å².